The van der Waals surface area contributed by atoms with Crippen molar-refractivity contribution in [3.8, 4) is 0 Å². The highest BCUT2D eigenvalue weighted by Crippen LogP contribution is 2.31. The molecule has 4 unspecified atom stereocenters. The Balaban J connectivity index is 3.01. The fourth-order valence-electron chi connectivity index (χ4n) is 3.15. The van der Waals surface area contributed by atoms with Crippen LogP contribution in [0.2, 0.25) is 0 Å². The second-order valence-electron chi connectivity index (χ2n) is 7.12. The van der Waals surface area contributed by atoms with E-state index in [1.807, 2.05) is 0 Å². The number of unbranched alkanes of at least 4 members (excludes halogenated alkanes) is 3. The number of ether oxygens (including phenoxy) is 4. The van der Waals surface area contributed by atoms with Crippen molar-refractivity contribution in [3.63, 3.8) is 0 Å². The Morgan fingerprint density at radius 1 is 0.704 bits per heavy atom. The molecule has 0 heterocycles. The largest absolute Gasteiger partial charge is 0.457 e. The fraction of sp³-hybridized carbons (Fsp3) is 0.950. The van der Waals surface area contributed by atoms with Crippen LogP contribution in [-0.4, -0.2) is 72.6 Å². The molecule has 0 aromatic heterocycles. The van der Waals surface area contributed by atoms with Gasteiger partial charge in [-0.15, -0.1) is 0 Å². The quantitative estimate of drug-likeness (QED) is 0.368. The van der Waals surface area contributed by atoms with Crippen molar-refractivity contribution in [3.05, 3.63) is 0 Å². The van der Waals surface area contributed by atoms with Gasteiger partial charge in [-0.05, 0) is 19.3 Å². The van der Waals surface area contributed by atoms with E-state index >= 15 is 0 Å². The van der Waals surface area contributed by atoms with E-state index in [0.717, 1.165) is 38.5 Å². The Labute approximate surface area is 163 Å². The minimum atomic E-state index is -1.18. The summed E-state index contributed by atoms with van der Waals surface area (Å²) < 4.78 is 23.0. The van der Waals surface area contributed by atoms with Gasteiger partial charge in [0.15, 0.2) is 6.10 Å². The first-order chi connectivity index (χ1) is 13.0. The highest BCUT2D eigenvalue weighted by atomic mass is 16.6. The Bertz CT molecular complexity index is 380. The minimum Gasteiger partial charge on any atom is -0.457 e. The van der Waals surface area contributed by atoms with Crippen LogP contribution in [0.3, 0.4) is 0 Å². The molecule has 7 heteroatoms. The Kier molecular flexibility index (Phi) is 12.1. The molecule has 0 radical (unpaired) electrons. The molecule has 160 valence electrons. The van der Waals surface area contributed by atoms with E-state index < -0.39 is 42.6 Å². The van der Waals surface area contributed by atoms with E-state index in [2.05, 4.69) is 20.8 Å². The predicted molar refractivity (Wildman–Crippen MR) is 102 cm³/mol. The molecule has 0 aromatic rings. The van der Waals surface area contributed by atoms with Gasteiger partial charge in [-0.2, -0.15) is 0 Å². The maximum Gasteiger partial charge on any atom is 0.303 e. The van der Waals surface area contributed by atoms with Crippen molar-refractivity contribution in [1.82, 2.24) is 0 Å². The highest BCUT2D eigenvalue weighted by molar-refractivity contribution is 5.66. The van der Waals surface area contributed by atoms with Gasteiger partial charge in [0.25, 0.3) is 0 Å². The van der Waals surface area contributed by atoms with E-state index in [9.17, 15) is 15.0 Å². The first-order valence-electron chi connectivity index (χ1n) is 10.4. The summed E-state index contributed by atoms with van der Waals surface area (Å²) in [6, 6.07) is 0. The number of aliphatic hydroxyl groups excluding tert-OH is 2. The predicted octanol–water partition coefficient (Wildman–Crippen LogP) is 2.21. The molecular formula is C20H38O7. The number of hydrogen-bond donors (Lipinski definition) is 2. The molecule has 7 nitrogen and oxygen atoms in total. The molecule has 0 aliphatic heterocycles. The molecule has 0 aromatic carbocycles. The third kappa shape index (κ3) is 7.66. The van der Waals surface area contributed by atoms with Crippen LogP contribution in [0.25, 0.3) is 0 Å². The van der Waals surface area contributed by atoms with Crippen molar-refractivity contribution < 1.29 is 34.0 Å². The molecular weight excluding hydrogens is 352 g/mol. The van der Waals surface area contributed by atoms with Gasteiger partial charge in [-0.3, -0.25) is 4.79 Å². The van der Waals surface area contributed by atoms with Gasteiger partial charge in [0.2, 0.25) is 0 Å². The number of carbonyl (C=O) groups is 1. The SMILES string of the molecule is CCCCOC1C(OCCCC)C(O)[C@H](OC(C)=O)[C@@H](O)C1OCCCC. The fourth-order valence-corrected chi connectivity index (χ4v) is 3.15. The lowest BCUT2D eigenvalue weighted by atomic mass is 9.84. The third-order valence-electron chi connectivity index (χ3n) is 4.72. The number of esters is 1. The number of hydrogen-bond acceptors (Lipinski definition) is 7. The number of rotatable bonds is 13. The van der Waals surface area contributed by atoms with E-state index in [4.69, 9.17) is 18.9 Å². The van der Waals surface area contributed by atoms with Crippen LogP contribution in [0, 0.1) is 0 Å². The van der Waals surface area contributed by atoms with Gasteiger partial charge < -0.3 is 29.2 Å². The molecule has 1 aliphatic carbocycles. The number of carbonyl (C=O) groups excluding carboxylic acids is 1. The van der Waals surface area contributed by atoms with Crippen LogP contribution in [0.5, 0.6) is 0 Å². The van der Waals surface area contributed by atoms with Crippen molar-refractivity contribution >= 4 is 5.97 Å². The molecule has 0 bridgehead atoms. The van der Waals surface area contributed by atoms with Gasteiger partial charge in [0.1, 0.15) is 30.5 Å². The normalized spacial score (nSPS) is 31.0. The lowest BCUT2D eigenvalue weighted by Crippen LogP contribution is -2.66. The summed E-state index contributed by atoms with van der Waals surface area (Å²) in [5.74, 6) is -0.567. The maximum absolute atomic E-state index is 11.5. The first-order valence-corrected chi connectivity index (χ1v) is 10.4. The second-order valence-corrected chi connectivity index (χ2v) is 7.12. The van der Waals surface area contributed by atoms with Crippen molar-refractivity contribution in [1.29, 1.82) is 0 Å². The van der Waals surface area contributed by atoms with Crippen LogP contribution >= 0.6 is 0 Å². The van der Waals surface area contributed by atoms with E-state index in [1.54, 1.807) is 0 Å². The molecule has 0 amide bonds. The average Bonchev–Trinajstić information content (AvgIpc) is 2.63. The maximum atomic E-state index is 11.5. The molecule has 1 rings (SSSR count). The van der Waals surface area contributed by atoms with Crippen LogP contribution in [0.15, 0.2) is 0 Å². The zero-order valence-corrected chi connectivity index (χ0v) is 17.3. The van der Waals surface area contributed by atoms with Gasteiger partial charge in [-0.1, -0.05) is 40.0 Å². The summed E-state index contributed by atoms with van der Waals surface area (Å²) in [5, 5.41) is 21.5. The average molecular weight is 391 g/mol. The molecule has 1 fully saturated rings. The lowest BCUT2D eigenvalue weighted by Gasteiger charge is -2.46. The van der Waals surface area contributed by atoms with Crippen LogP contribution in [-0.2, 0) is 23.7 Å². The van der Waals surface area contributed by atoms with Crippen molar-refractivity contribution in [2.75, 3.05) is 19.8 Å². The summed E-state index contributed by atoms with van der Waals surface area (Å²) in [6.07, 6.45) is -0.130. The molecule has 27 heavy (non-hydrogen) atoms. The van der Waals surface area contributed by atoms with Crippen LogP contribution < -0.4 is 0 Å². The van der Waals surface area contributed by atoms with E-state index in [0.29, 0.717) is 19.8 Å². The molecule has 0 saturated heterocycles. The smallest absolute Gasteiger partial charge is 0.303 e. The van der Waals surface area contributed by atoms with Gasteiger partial charge >= 0.3 is 5.97 Å². The Morgan fingerprint density at radius 2 is 1.07 bits per heavy atom. The Hall–Kier alpha value is -0.730. The standard InChI is InChI=1S/C20H38O7/c1-5-8-11-24-18-15(22)17(27-14(4)21)16(23)19(25-12-9-6-2)20(18)26-13-10-7-3/h15-20,22-23H,5-13H2,1-4H3/t15-,16?,17-,18?,19?,20?/m1/s1. The number of aliphatic hydroxyl groups is 2. The summed E-state index contributed by atoms with van der Waals surface area (Å²) in [4.78, 5) is 11.5. The molecule has 1 aliphatic rings. The first kappa shape index (κ1) is 24.3. The van der Waals surface area contributed by atoms with Crippen LogP contribution in [0.4, 0.5) is 0 Å². The van der Waals surface area contributed by atoms with E-state index in [1.165, 1.54) is 6.92 Å². The Morgan fingerprint density at radius 3 is 1.41 bits per heavy atom. The molecule has 2 N–H and O–H groups in total. The van der Waals surface area contributed by atoms with Gasteiger partial charge in [-0.25, -0.2) is 0 Å². The highest BCUT2D eigenvalue weighted by Gasteiger charge is 2.53. The molecule has 1 saturated carbocycles. The van der Waals surface area contributed by atoms with Gasteiger partial charge in [0, 0.05) is 26.7 Å². The minimum absolute atomic E-state index is 0.455. The zero-order chi connectivity index (χ0) is 20.2. The molecule has 0 spiro atoms. The van der Waals surface area contributed by atoms with Crippen molar-refractivity contribution in [2.24, 2.45) is 0 Å². The molecule has 6 atom stereocenters. The summed E-state index contributed by atoms with van der Waals surface area (Å²) in [6.45, 7) is 8.82. The second kappa shape index (κ2) is 13.4. The summed E-state index contributed by atoms with van der Waals surface area (Å²) in [7, 11) is 0. The summed E-state index contributed by atoms with van der Waals surface area (Å²) >= 11 is 0. The van der Waals surface area contributed by atoms with Gasteiger partial charge in [0.05, 0.1) is 0 Å². The van der Waals surface area contributed by atoms with Crippen LogP contribution in [0.1, 0.15) is 66.2 Å². The van der Waals surface area contributed by atoms with E-state index in [-0.39, 0.29) is 0 Å². The monoisotopic (exact) mass is 390 g/mol. The summed E-state index contributed by atoms with van der Waals surface area (Å²) in [5.41, 5.74) is 0. The lowest BCUT2D eigenvalue weighted by molar-refractivity contribution is -0.261. The topological polar surface area (TPSA) is 94.5 Å². The third-order valence-corrected chi connectivity index (χ3v) is 4.72. The van der Waals surface area contributed by atoms with Crippen molar-refractivity contribution in [2.45, 2.75) is 103 Å². The zero-order valence-electron chi connectivity index (χ0n) is 17.3.